The minimum absolute atomic E-state index is 0.0397. The Balaban J connectivity index is 1.90. The van der Waals surface area contributed by atoms with Crippen LogP contribution in [0, 0.1) is 0 Å². The lowest BCUT2D eigenvalue weighted by Crippen LogP contribution is -2.28. The molecule has 1 unspecified atom stereocenters. The first-order valence-corrected chi connectivity index (χ1v) is 11.5. The summed E-state index contributed by atoms with van der Waals surface area (Å²) in [6.45, 7) is 0.208. The number of amides is 1. The molecule has 1 atom stereocenters. The van der Waals surface area contributed by atoms with E-state index in [9.17, 15) is 14.7 Å². The number of halogens is 2. The summed E-state index contributed by atoms with van der Waals surface area (Å²) >= 11 is 13.6. The van der Waals surface area contributed by atoms with Gasteiger partial charge in [-0.1, -0.05) is 35.3 Å². The van der Waals surface area contributed by atoms with Crippen LogP contribution >= 0.6 is 34.5 Å². The van der Waals surface area contributed by atoms with E-state index in [-0.39, 0.29) is 28.5 Å². The lowest BCUT2D eigenvalue weighted by molar-refractivity contribution is -0.140. The van der Waals surface area contributed by atoms with Gasteiger partial charge in [0.05, 0.1) is 42.4 Å². The van der Waals surface area contributed by atoms with E-state index in [2.05, 4.69) is 0 Å². The molecule has 2 aromatic carbocycles. The predicted molar refractivity (Wildman–Crippen MR) is 128 cm³/mol. The molecule has 4 rings (SSSR count). The smallest absolute Gasteiger partial charge is 0.295 e. The highest BCUT2D eigenvalue weighted by Crippen LogP contribution is 2.43. The number of nitrogens with zero attached hydrogens (tertiary/aromatic N) is 1. The molecule has 0 saturated carbocycles. The van der Waals surface area contributed by atoms with Gasteiger partial charge in [-0.3, -0.25) is 9.59 Å². The van der Waals surface area contributed by atoms with Crippen LogP contribution in [0.2, 0.25) is 10.0 Å². The molecule has 0 aliphatic carbocycles. The van der Waals surface area contributed by atoms with E-state index in [1.807, 2.05) is 17.5 Å². The quantitative estimate of drug-likeness (QED) is 0.265. The maximum Gasteiger partial charge on any atom is 0.295 e. The molecular weight excluding hydrogens is 485 g/mol. The molecule has 9 heteroatoms. The minimum Gasteiger partial charge on any atom is -0.507 e. The van der Waals surface area contributed by atoms with Crippen molar-refractivity contribution in [2.45, 2.75) is 12.6 Å². The van der Waals surface area contributed by atoms with Crippen LogP contribution in [-0.2, 0) is 16.1 Å². The van der Waals surface area contributed by atoms with Crippen molar-refractivity contribution in [1.29, 1.82) is 0 Å². The molecule has 1 aliphatic heterocycles. The SMILES string of the molecule is COc1ccc(C2/C(=C(/O)c3ccc(Cl)c(Cl)c3)C(=O)C(=O)N2Cc2cccs2)cc1OC. The van der Waals surface area contributed by atoms with Crippen LogP contribution in [0.25, 0.3) is 5.76 Å². The highest BCUT2D eigenvalue weighted by molar-refractivity contribution is 7.09. The zero-order valence-corrected chi connectivity index (χ0v) is 20.0. The number of ketones is 1. The molecule has 1 amide bonds. The van der Waals surface area contributed by atoms with Crippen LogP contribution in [0.5, 0.6) is 11.5 Å². The molecule has 6 nitrogen and oxygen atoms in total. The largest absolute Gasteiger partial charge is 0.507 e. The molecule has 170 valence electrons. The average Bonchev–Trinajstić information content (AvgIpc) is 3.42. The molecule has 1 fully saturated rings. The van der Waals surface area contributed by atoms with E-state index in [0.29, 0.717) is 22.1 Å². The third-order valence-corrected chi connectivity index (χ3v) is 6.96. The van der Waals surface area contributed by atoms with Crippen molar-refractivity contribution in [3.8, 4) is 11.5 Å². The summed E-state index contributed by atoms with van der Waals surface area (Å²) in [5.74, 6) is -0.882. The monoisotopic (exact) mass is 503 g/mol. The van der Waals surface area contributed by atoms with Gasteiger partial charge in [-0.25, -0.2) is 0 Å². The second-order valence-electron chi connectivity index (χ2n) is 7.25. The fraction of sp³-hybridized carbons (Fsp3) is 0.167. The highest BCUT2D eigenvalue weighted by atomic mass is 35.5. The molecule has 1 saturated heterocycles. The molecule has 1 aliphatic rings. The number of likely N-dealkylation sites (tertiary alicyclic amines) is 1. The van der Waals surface area contributed by atoms with Crippen LogP contribution in [0.4, 0.5) is 0 Å². The fourth-order valence-corrected chi connectivity index (χ4v) is 4.78. The summed E-state index contributed by atoms with van der Waals surface area (Å²) in [5, 5.41) is 13.6. The number of rotatable bonds is 6. The van der Waals surface area contributed by atoms with E-state index < -0.39 is 17.7 Å². The second kappa shape index (κ2) is 9.47. The number of Topliss-reactive ketones (excluding diaryl/α,β-unsaturated/α-hetero) is 1. The maximum atomic E-state index is 13.2. The first-order valence-electron chi connectivity index (χ1n) is 9.83. The van der Waals surface area contributed by atoms with Crippen molar-refractivity contribution in [2.24, 2.45) is 0 Å². The standard InChI is InChI=1S/C24H19Cl2NO5S/c1-31-18-8-6-13(11-19(18)32-2)21-20(22(28)14-5-7-16(25)17(26)10-14)23(29)24(30)27(21)12-15-4-3-9-33-15/h3-11,21,28H,12H2,1-2H3/b22-20-. The summed E-state index contributed by atoms with van der Waals surface area (Å²) in [7, 11) is 3.02. The Morgan fingerprint density at radius 2 is 1.79 bits per heavy atom. The number of aliphatic hydroxyl groups excluding tert-OH is 1. The molecular formula is C24H19Cl2NO5S. The van der Waals surface area contributed by atoms with Gasteiger partial charge >= 0.3 is 0 Å². The molecule has 0 radical (unpaired) electrons. The minimum atomic E-state index is -0.846. The number of aliphatic hydroxyl groups is 1. The number of hydrogen-bond acceptors (Lipinski definition) is 6. The lowest BCUT2D eigenvalue weighted by atomic mass is 9.95. The maximum absolute atomic E-state index is 13.2. The van der Waals surface area contributed by atoms with Gasteiger partial charge < -0.3 is 19.5 Å². The van der Waals surface area contributed by atoms with Gasteiger partial charge in [-0.2, -0.15) is 0 Å². The Morgan fingerprint density at radius 1 is 1.03 bits per heavy atom. The summed E-state index contributed by atoms with van der Waals surface area (Å²) in [4.78, 5) is 28.6. The van der Waals surface area contributed by atoms with Crippen LogP contribution in [0.3, 0.4) is 0 Å². The van der Waals surface area contributed by atoms with Gasteiger partial charge in [0.15, 0.2) is 11.5 Å². The summed E-state index contributed by atoms with van der Waals surface area (Å²) in [5.41, 5.74) is 0.830. The van der Waals surface area contributed by atoms with E-state index in [1.165, 1.54) is 42.6 Å². The van der Waals surface area contributed by atoms with Gasteiger partial charge in [-0.15, -0.1) is 11.3 Å². The third-order valence-electron chi connectivity index (χ3n) is 5.36. The van der Waals surface area contributed by atoms with E-state index in [4.69, 9.17) is 32.7 Å². The van der Waals surface area contributed by atoms with E-state index in [0.717, 1.165) is 4.88 Å². The van der Waals surface area contributed by atoms with Gasteiger partial charge in [0.1, 0.15) is 5.76 Å². The van der Waals surface area contributed by atoms with E-state index >= 15 is 0 Å². The Kier molecular flexibility index (Phi) is 6.65. The number of carbonyl (C=O) groups excluding carboxylic acids is 2. The Morgan fingerprint density at radius 3 is 2.42 bits per heavy atom. The summed E-state index contributed by atoms with van der Waals surface area (Å²) in [6, 6.07) is 12.6. The first kappa shape index (κ1) is 23.2. The van der Waals surface area contributed by atoms with Crippen LogP contribution < -0.4 is 9.47 Å². The third kappa shape index (κ3) is 4.31. The van der Waals surface area contributed by atoms with Crippen molar-refractivity contribution < 1.29 is 24.2 Å². The number of benzene rings is 2. The molecule has 1 aromatic heterocycles. The van der Waals surface area contributed by atoms with E-state index in [1.54, 1.807) is 24.3 Å². The normalized spacial score (nSPS) is 17.5. The fourth-order valence-electron chi connectivity index (χ4n) is 3.78. The van der Waals surface area contributed by atoms with Crippen LogP contribution in [-0.4, -0.2) is 35.9 Å². The highest BCUT2D eigenvalue weighted by Gasteiger charge is 2.46. The van der Waals surface area contributed by atoms with Crippen LogP contribution in [0.15, 0.2) is 59.5 Å². The molecule has 1 N–H and O–H groups in total. The number of ether oxygens (including phenoxy) is 2. The van der Waals surface area contributed by atoms with Crippen molar-refractivity contribution in [2.75, 3.05) is 14.2 Å². The zero-order chi connectivity index (χ0) is 23.7. The Bertz CT molecular complexity index is 1260. The van der Waals surface area contributed by atoms with Crippen LogP contribution in [0.1, 0.15) is 22.0 Å². The lowest BCUT2D eigenvalue weighted by Gasteiger charge is -2.25. The average molecular weight is 504 g/mol. The number of hydrogen-bond donors (Lipinski definition) is 1. The van der Waals surface area contributed by atoms with Gasteiger partial charge in [0.25, 0.3) is 11.7 Å². The van der Waals surface area contributed by atoms with Crippen molar-refractivity contribution in [1.82, 2.24) is 4.90 Å². The summed E-state index contributed by atoms with van der Waals surface area (Å²) in [6.07, 6.45) is 0. The molecule has 0 spiro atoms. The number of methoxy groups -OCH3 is 2. The molecule has 0 bridgehead atoms. The number of carbonyl (C=O) groups is 2. The van der Waals surface area contributed by atoms with Crippen molar-refractivity contribution in [3.63, 3.8) is 0 Å². The van der Waals surface area contributed by atoms with Crippen molar-refractivity contribution >= 4 is 52.0 Å². The second-order valence-corrected chi connectivity index (χ2v) is 9.10. The zero-order valence-electron chi connectivity index (χ0n) is 17.7. The van der Waals surface area contributed by atoms with Gasteiger partial charge in [0, 0.05) is 10.4 Å². The van der Waals surface area contributed by atoms with Gasteiger partial charge in [0.2, 0.25) is 0 Å². The molecule has 33 heavy (non-hydrogen) atoms. The van der Waals surface area contributed by atoms with Gasteiger partial charge in [-0.05, 0) is 47.3 Å². The Hall–Kier alpha value is -3.00. The topological polar surface area (TPSA) is 76.1 Å². The number of thiophene rings is 1. The predicted octanol–water partition coefficient (Wildman–Crippen LogP) is 5.69. The Labute approximate surface area is 204 Å². The van der Waals surface area contributed by atoms with Crippen molar-refractivity contribution in [3.05, 3.63) is 85.5 Å². The molecule has 2 heterocycles. The summed E-state index contributed by atoms with van der Waals surface area (Å²) < 4.78 is 10.7. The first-order chi connectivity index (χ1) is 15.8. The molecule has 3 aromatic rings.